The van der Waals surface area contributed by atoms with Crippen LogP contribution >= 0.6 is 0 Å². The van der Waals surface area contributed by atoms with Crippen LogP contribution in [-0.4, -0.2) is 16.7 Å². The van der Waals surface area contributed by atoms with Gasteiger partial charge in [0.05, 0.1) is 0 Å². The summed E-state index contributed by atoms with van der Waals surface area (Å²) in [6.45, 7) is 0. The van der Waals surface area contributed by atoms with Crippen LogP contribution in [-0.2, 0) is 6.42 Å². The zero-order valence-corrected chi connectivity index (χ0v) is 9.69. The first-order valence-corrected chi connectivity index (χ1v) is 5.72. The minimum atomic E-state index is 0.633. The molecule has 0 bridgehead atoms. The van der Waals surface area contributed by atoms with E-state index in [1.165, 1.54) is 5.56 Å². The molecule has 0 atom stereocenters. The highest BCUT2D eigenvalue weighted by molar-refractivity contribution is 6.11. The van der Waals surface area contributed by atoms with Crippen LogP contribution in [0.25, 0.3) is 0 Å². The normalized spacial score (nSPS) is 13.8. The van der Waals surface area contributed by atoms with Crippen LogP contribution in [0.5, 0.6) is 0 Å². The smallest absolute Gasteiger partial charge is 0.185 e. The molecule has 0 amide bonds. The van der Waals surface area contributed by atoms with Gasteiger partial charge in [0.2, 0.25) is 0 Å². The Hall–Kier alpha value is -2.49. The number of pyridine rings is 1. The number of benzene rings is 1. The second-order valence-corrected chi connectivity index (χ2v) is 3.96. The van der Waals surface area contributed by atoms with Crippen LogP contribution in [0, 0.1) is 0 Å². The van der Waals surface area contributed by atoms with Crippen molar-refractivity contribution < 1.29 is 0 Å². The molecule has 1 aliphatic rings. The van der Waals surface area contributed by atoms with Crippen molar-refractivity contribution >= 4 is 11.7 Å². The maximum absolute atomic E-state index is 4.41. The van der Waals surface area contributed by atoms with Crippen molar-refractivity contribution in [1.82, 2.24) is 10.3 Å². The van der Waals surface area contributed by atoms with E-state index < -0.39 is 0 Å². The maximum atomic E-state index is 4.41. The highest BCUT2D eigenvalue weighted by Crippen LogP contribution is 2.07. The molecule has 0 saturated carbocycles. The molecule has 2 aromatic rings. The van der Waals surface area contributed by atoms with Gasteiger partial charge in [0.25, 0.3) is 0 Å². The van der Waals surface area contributed by atoms with E-state index in [0.29, 0.717) is 12.3 Å². The van der Waals surface area contributed by atoms with Gasteiger partial charge < -0.3 is 0 Å². The van der Waals surface area contributed by atoms with Crippen LogP contribution in [0.15, 0.2) is 65.1 Å². The second kappa shape index (κ2) is 4.79. The van der Waals surface area contributed by atoms with E-state index in [1.807, 2.05) is 30.3 Å². The molecule has 4 heteroatoms. The Kier molecular flexibility index (Phi) is 2.84. The third-order valence-corrected chi connectivity index (χ3v) is 2.62. The Morgan fingerprint density at radius 1 is 0.889 bits per heavy atom. The predicted octanol–water partition coefficient (Wildman–Crippen LogP) is 2.00. The van der Waals surface area contributed by atoms with E-state index in [9.17, 15) is 0 Å². The van der Waals surface area contributed by atoms with Crippen molar-refractivity contribution in [3.63, 3.8) is 0 Å². The van der Waals surface area contributed by atoms with Crippen LogP contribution in [0.4, 0.5) is 0 Å². The fourth-order valence-electron chi connectivity index (χ4n) is 1.74. The lowest BCUT2D eigenvalue weighted by atomic mass is 10.1. The van der Waals surface area contributed by atoms with Gasteiger partial charge in [0, 0.05) is 24.4 Å². The molecule has 4 nitrogen and oxygen atoms in total. The lowest BCUT2D eigenvalue weighted by Gasteiger charge is -2.01. The molecule has 3 rings (SSSR count). The van der Waals surface area contributed by atoms with Gasteiger partial charge in [-0.05, 0) is 17.7 Å². The summed E-state index contributed by atoms with van der Waals surface area (Å²) in [6.07, 6.45) is 4.17. The summed E-state index contributed by atoms with van der Waals surface area (Å²) in [5.74, 6) is 1.37. The molecule has 2 heterocycles. The molecule has 18 heavy (non-hydrogen) atoms. The van der Waals surface area contributed by atoms with Gasteiger partial charge in [-0.2, -0.15) is 0 Å². The molecule has 87 valence electrons. The van der Waals surface area contributed by atoms with Gasteiger partial charge in [-0.1, -0.05) is 30.3 Å². The largest absolute Gasteiger partial charge is 0.264 e. The number of hydrogen-bond donors (Lipinski definition) is 0. The van der Waals surface area contributed by atoms with Crippen molar-refractivity contribution in [1.29, 1.82) is 0 Å². The van der Waals surface area contributed by atoms with Crippen LogP contribution < -0.4 is 5.32 Å². The monoisotopic (exact) mass is 235 g/mol. The molecule has 0 N–H and O–H groups in total. The summed E-state index contributed by atoms with van der Waals surface area (Å²) in [4.78, 5) is 4.05. The molecule has 0 aliphatic carbocycles. The average Bonchev–Trinajstić information content (AvgIpc) is 2.89. The third kappa shape index (κ3) is 2.27. The fourth-order valence-corrected chi connectivity index (χ4v) is 1.74. The number of aromatic nitrogens is 1. The number of amidine groups is 2. The minimum Gasteiger partial charge on any atom is -0.264 e. The van der Waals surface area contributed by atoms with Crippen LogP contribution in [0.3, 0.4) is 0 Å². The van der Waals surface area contributed by atoms with E-state index in [4.69, 9.17) is 0 Å². The molecule has 0 saturated heterocycles. The summed E-state index contributed by atoms with van der Waals surface area (Å²) in [7, 11) is 0. The van der Waals surface area contributed by atoms with Gasteiger partial charge in [0.15, 0.2) is 11.7 Å². The molecule has 1 radical (unpaired) electrons. The first-order valence-electron chi connectivity index (χ1n) is 5.72. The summed E-state index contributed by atoms with van der Waals surface area (Å²) in [6, 6.07) is 13.9. The lowest BCUT2D eigenvalue weighted by molar-refractivity contribution is 1.20. The van der Waals surface area contributed by atoms with E-state index in [2.05, 4.69) is 32.6 Å². The third-order valence-electron chi connectivity index (χ3n) is 2.62. The van der Waals surface area contributed by atoms with E-state index in [1.54, 1.807) is 12.4 Å². The first kappa shape index (κ1) is 10.7. The van der Waals surface area contributed by atoms with Crippen molar-refractivity contribution in [2.45, 2.75) is 6.42 Å². The lowest BCUT2D eigenvalue weighted by Crippen LogP contribution is -2.21. The topological polar surface area (TPSA) is 51.7 Å². The van der Waals surface area contributed by atoms with Gasteiger partial charge in [0.1, 0.15) is 0 Å². The molecular formula is C14H11N4. The van der Waals surface area contributed by atoms with Crippen molar-refractivity contribution in [3.8, 4) is 0 Å². The van der Waals surface area contributed by atoms with Gasteiger partial charge in [-0.3, -0.25) is 4.98 Å². The zero-order valence-electron chi connectivity index (χ0n) is 9.69. The van der Waals surface area contributed by atoms with Crippen molar-refractivity contribution in [2.24, 2.45) is 10.2 Å². The van der Waals surface area contributed by atoms with Gasteiger partial charge >= 0.3 is 0 Å². The summed E-state index contributed by atoms with van der Waals surface area (Å²) >= 11 is 0. The molecule has 1 aromatic carbocycles. The zero-order chi connectivity index (χ0) is 12.2. The molecule has 0 unspecified atom stereocenters. The van der Waals surface area contributed by atoms with Crippen molar-refractivity contribution in [2.75, 3.05) is 0 Å². The van der Waals surface area contributed by atoms with E-state index in [0.717, 1.165) is 11.4 Å². The number of rotatable bonds is 3. The highest BCUT2D eigenvalue weighted by atomic mass is 15.3. The van der Waals surface area contributed by atoms with E-state index >= 15 is 0 Å². The average molecular weight is 235 g/mol. The first-order chi connectivity index (χ1) is 8.92. The molecular weight excluding hydrogens is 224 g/mol. The standard InChI is InChI=1S/C14H11N4/c1-2-5-11(6-3-1)9-13-16-14(18-17-13)12-7-4-8-15-10-12/h1-8,10H,9H2. The Balaban J connectivity index is 1.68. The van der Waals surface area contributed by atoms with Gasteiger partial charge in [-0.25, -0.2) is 5.32 Å². The highest BCUT2D eigenvalue weighted by Gasteiger charge is 2.15. The van der Waals surface area contributed by atoms with E-state index in [-0.39, 0.29) is 0 Å². The second-order valence-electron chi connectivity index (χ2n) is 3.96. The molecule has 1 aromatic heterocycles. The molecule has 0 spiro atoms. The SMILES string of the molecule is c1ccc(CC2=NN=C(c3cccnc3)[N]2)cc1. The maximum Gasteiger partial charge on any atom is 0.185 e. The van der Waals surface area contributed by atoms with Crippen LogP contribution in [0.2, 0.25) is 0 Å². The Bertz CT molecular complexity index is 588. The number of hydrogen-bond acceptors (Lipinski definition) is 3. The fraction of sp³-hybridized carbons (Fsp3) is 0.0714. The minimum absolute atomic E-state index is 0.633. The predicted molar refractivity (Wildman–Crippen MR) is 70.5 cm³/mol. The van der Waals surface area contributed by atoms with Crippen molar-refractivity contribution in [3.05, 3.63) is 66.0 Å². The molecule has 0 fully saturated rings. The number of nitrogens with zero attached hydrogens (tertiary/aromatic N) is 4. The summed E-state index contributed by atoms with van der Waals surface area (Å²) < 4.78 is 0. The quantitative estimate of drug-likeness (QED) is 0.802. The molecule has 1 aliphatic heterocycles. The van der Waals surface area contributed by atoms with Gasteiger partial charge in [-0.15, -0.1) is 10.2 Å². The summed E-state index contributed by atoms with van der Waals surface area (Å²) in [5.41, 5.74) is 2.08. The Morgan fingerprint density at radius 2 is 1.78 bits per heavy atom. The summed E-state index contributed by atoms with van der Waals surface area (Å²) in [5, 5.41) is 12.6. The Morgan fingerprint density at radius 3 is 2.56 bits per heavy atom. The Labute approximate surface area is 105 Å². The van der Waals surface area contributed by atoms with Crippen LogP contribution in [0.1, 0.15) is 11.1 Å².